The van der Waals surface area contributed by atoms with Crippen LogP contribution < -0.4 is 5.73 Å². The highest BCUT2D eigenvalue weighted by molar-refractivity contribution is 5.41. The normalized spacial score (nSPS) is 17.7. The van der Waals surface area contributed by atoms with E-state index < -0.39 is 0 Å². The number of hydrogen-bond donors (Lipinski definition) is 1. The van der Waals surface area contributed by atoms with Crippen LogP contribution in [-0.2, 0) is 0 Å². The molecule has 1 atom stereocenters. The fourth-order valence-corrected chi connectivity index (χ4v) is 2.06. The molecule has 1 saturated carbocycles. The molecular weight excluding hydrogens is 196 g/mol. The van der Waals surface area contributed by atoms with E-state index in [-0.39, 0.29) is 0 Å². The standard InChI is InChI=1S/C14H22N2/c1-11(13-4-3-5-14(15)10-13)16(2)9-8-12-6-7-12/h3-5,10-12H,6-9,15H2,1-2H3. The molecule has 0 radical (unpaired) electrons. The maximum atomic E-state index is 5.81. The van der Waals surface area contributed by atoms with Gasteiger partial charge in [0.1, 0.15) is 0 Å². The molecule has 0 saturated heterocycles. The fraction of sp³-hybridized carbons (Fsp3) is 0.571. The molecule has 88 valence electrons. The van der Waals surface area contributed by atoms with Gasteiger partial charge in [-0.1, -0.05) is 25.0 Å². The quantitative estimate of drug-likeness (QED) is 0.770. The summed E-state index contributed by atoms with van der Waals surface area (Å²) in [5, 5.41) is 0. The van der Waals surface area contributed by atoms with Gasteiger partial charge in [-0.15, -0.1) is 0 Å². The average Bonchev–Trinajstić information content (AvgIpc) is 3.08. The summed E-state index contributed by atoms with van der Waals surface area (Å²) in [7, 11) is 2.20. The largest absolute Gasteiger partial charge is 0.399 e. The Bertz CT molecular complexity index is 344. The summed E-state index contributed by atoms with van der Waals surface area (Å²) in [4.78, 5) is 2.42. The summed E-state index contributed by atoms with van der Waals surface area (Å²) < 4.78 is 0. The van der Waals surface area contributed by atoms with Crippen LogP contribution >= 0.6 is 0 Å². The highest BCUT2D eigenvalue weighted by Gasteiger charge is 2.22. The smallest absolute Gasteiger partial charge is 0.0317 e. The number of nitrogens with zero attached hydrogens (tertiary/aromatic N) is 1. The first-order chi connectivity index (χ1) is 7.66. The zero-order valence-electron chi connectivity index (χ0n) is 10.3. The maximum Gasteiger partial charge on any atom is 0.0317 e. The van der Waals surface area contributed by atoms with Crippen LogP contribution in [0.3, 0.4) is 0 Å². The Kier molecular flexibility index (Phi) is 3.49. The van der Waals surface area contributed by atoms with E-state index in [0.717, 1.165) is 11.6 Å². The SMILES string of the molecule is CC(c1cccc(N)c1)N(C)CCC1CC1. The Hall–Kier alpha value is -1.02. The average molecular weight is 218 g/mol. The minimum absolute atomic E-state index is 0.460. The second-order valence-corrected chi connectivity index (χ2v) is 5.06. The van der Waals surface area contributed by atoms with Crippen LogP contribution in [0.2, 0.25) is 0 Å². The zero-order chi connectivity index (χ0) is 11.5. The molecule has 2 N–H and O–H groups in total. The summed E-state index contributed by atoms with van der Waals surface area (Å²) in [5.74, 6) is 1.01. The lowest BCUT2D eigenvalue weighted by atomic mass is 10.1. The number of anilines is 1. The molecule has 1 unspecified atom stereocenters. The second kappa shape index (κ2) is 4.88. The van der Waals surface area contributed by atoms with Gasteiger partial charge in [0.25, 0.3) is 0 Å². The third kappa shape index (κ3) is 2.99. The minimum atomic E-state index is 0.460. The molecule has 0 spiro atoms. The summed E-state index contributed by atoms with van der Waals surface area (Å²) in [6.45, 7) is 3.45. The molecule has 1 aliphatic carbocycles. The van der Waals surface area contributed by atoms with E-state index in [9.17, 15) is 0 Å². The summed E-state index contributed by atoms with van der Waals surface area (Å²) in [6, 6.07) is 8.69. The lowest BCUT2D eigenvalue weighted by Crippen LogP contribution is -2.23. The van der Waals surface area contributed by atoms with Crippen LogP contribution in [0.4, 0.5) is 5.69 Å². The molecule has 2 rings (SSSR count). The lowest BCUT2D eigenvalue weighted by Gasteiger charge is -2.25. The van der Waals surface area contributed by atoms with Crippen molar-refractivity contribution in [3.05, 3.63) is 29.8 Å². The van der Waals surface area contributed by atoms with Gasteiger partial charge >= 0.3 is 0 Å². The monoisotopic (exact) mass is 218 g/mol. The molecule has 16 heavy (non-hydrogen) atoms. The van der Waals surface area contributed by atoms with Gasteiger partial charge in [0, 0.05) is 11.7 Å². The first-order valence-electron chi connectivity index (χ1n) is 6.22. The Labute approximate surface area is 98.4 Å². The van der Waals surface area contributed by atoms with Crippen molar-refractivity contribution in [2.45, 2.75) is 32.2 Å². The van der Waals surface area contributed by atoms with Crippen molar-refractivity contribution >= 4 is 5.69 Å². The molecule has 0 aliphatic heterocycles. The first-order valence-corrected chi connectivity index (χ1v) is 6.22. The zero-order valence-corrected chi connectivity index (χ0v) is 10.3. The topological polar surface area (TPSA) is 29.3 Å². The molecule has 1 aliphatic rings. The van der Waals surface area contributed by atoms with Crippen LogP contribution in [0.5, 0.6) is 0 Å². The minimum Gasteiger partial charge on any atom is -0.399 e. The van der Waals surface area contributed by atoms with E-state index in [1.54, 1.807) is 0 Å². The number of hydrogen-bond acceptors (Lipinski definition) is 2. The molecular formula is C14H22N2. The van der Waals surface area contributed by atoms with E-state index in [0.29, 0.717) is 6.04 Å². The van der Waals surface area contributed by atoms with Gasteiger partial charge in [-0.25, -0.2) is 0 Å². The number of nitrogens with two attached hydrogens (primary N) is 1. The number of rotatable bonds is 5. The third-order valence-electron chi connectivity index (χ3n) is 3.64. The van der Waals surface area contributed by atoms with Crippen LogP contribution in [-0.4, -0.2) is 18.5 Å². The molecule has 2 nitrogen and oxygen atoms in total. The molecule has 1 aromatic rings. The Balaban J connectivity index is 1.91. The van der Waals surface area contributed by atoms with Crippen molar-refractivity contribution in [2.75, 3.05) is 19.3 Å². The molecule has 0 aromatic heterocycles. The van der Waals surface area contributed by atoms with E-state index in [2.05, 4.69) is 31.0 Å². The van der Waals surface area contributed by atoms with Crippen molar-refractivity contribution in [3.63, 3.8) is 0 Å². The first kappa shape index (κ1) is 11.5. The Morgan fingerprint density at radius 1 is 1.44 bits per heavy atom. The van der Waals surface area contributed by atoms with Gasteiger partial charge in [-0.2, -0.15) is 0 Å². The predicted octanol–water partition coefficient (Wildman–Crippen LogP) is 3.06. The highest BCUT2D eigenvalue weighted by Crippen LogP contribution is 2.33. The van der Waals surface area contributed by atoms with Crippen LogP contribution in [0.25, 0.3) is 0 Å². The van der Waals surface area contributed by atoms with Crippen molar-refractivity contribution in [1.82, 2.24) is 4.90 Å². The lowest BCUT2D eigenvalue weighted by molar-refractivity contribution is 0.253. The molecule has 1 fully saturated rings. The summed E-state index contributed by atoms with van der Waals surface area (Å²) in [5.41, 5.74) is 7.99. The van der Waals surface area contributed by atoms with Gasteiger partial charge in [0.2, 0.25) is 0 Å². The van der Waals surface area contributed by atoms with Crippen LogP contribution in [0, 0.1) is 5.92 Å². The van der Waals surface area contributed by atoms with Crippen molar-refractivity contribution in [1.29, 1.82) is 0 Å². The van der Waals surface area contributed by atoms with Crippen LogP contribution in [0.15, 0.2) is 24.3 Å². The highest BCUT2D eigenvalue weighted by atomic mass is 15.1. The van der Waals surface area contributed by atoms with Crippen molar-refractivity contribution in [2.24, 2.45) is 5.92 Å². The van der Waals surface area contributed by atoms with E-state index in [4.69, 9.17) is 5.73 Å². The predicted molar refractivity (Wildman–Crippen MR) is 69.2 cm³/mol. The number of benzene rings is 1. The van der Waals surface area contributed by atoms with Gasteiger partial charge < -0.3 is 5.73 Å². The van der Waals surface area contributed by atoms with E-state index in [1.807, 2.05) is 12.1 Å². The third-order valence-corrected chi connectivity index (χ3v) is 3.64. The van der Waals surface area contributed by atoms with Gasteiger partial charge in [-0.05, 0) is 50.6 Å². The molecule has 0 heterocycles. The summed E-state index contributed by atoms with van der Waals surface area (Å²) >= 11 is 0. The number of nitrogen functional groups attached to an aromatic ring is 1. The Morgan fingerprint density at radius 3 is 2.81 bits per heavy atom. The van der Waals surface area contributed by atoms with Crippen molar-refractivity contribution < 1.29 is 0 Å². The van der Waals surface area contributed by atoms with Crippen LogP contribution in [0.1, 0.15) is 37.8 Å². The summed E-state index contributed by atoms with van der Waals surface area (Å²) in [6.07, 6.45) is 4.24. The van der Waals surface area contributed by atoms with Gasteiger partial charge in [-0.3, -0.25) is 4.90 Å². The van der Waals surface area contributed by atoms with E-state index in [1.165, 1.54) is 31.4 Å². The molecule has 0 bridgehead atoms. The van der Waals surface area contributed by atoms with Gasteiger partial charge in [0.05, 0.1) is 0 Å². The molecule has 2 heteroatoms. The van der Waals surface area contributed by atoms with Crippen molar-refractivity contribution in [3.8, 4) is 0 Å². The van der Waals surface area contributed by atoms with E-state index >= 15 is 0 Å². The van der Waals surface area contributed by atoms with Gasteiger partial charge in [0.15, 0.2) is 0 Å². The fourth-order valence-electron chi connectivity index (χ4n) is 2.06. The second-order valence-electron chi connectivity index (χ2n) is 5.06. The molecule has 1 aromatic carbocycles. The maximum absolute atomic E-state index is 5.81. The molecule has 0 amide bonds. The Morgan fingerprint density at radius 2 is 2.19 bits per heavy atom.